The van der Waals surface area contributed by atoms with Gasteiger partial charge in [0.1, 0.15) is 5.82 Å². The summed E-state index contributed by atoms with van der Waals surface area (Å²) in [5.41, 5.74) is 5.72. The van der Waals surface area contributed by atoms with E-state index in [1.54, 1.807) is 10.6 Å². The summed E-state index contributed by atoms with van der Waals surface area (Å²) < 4.78 is 1.80. The standard InChI is InChI=1S/C28H26N6O/c1-2-3-13-26-29-25(22-9-5-4-6-10-22)18-27(35)34(26)19-20-14-16-21(17-15-20)23-11-7-8-12-24(23)28-30-32-33-31-28/h4-12,14-18H,2-3,13,19H2,1H3,(H,30,31,32,33). The molecule has 0 spiro atoms. The molecule has 7 heteroatoms. The van der Waals surface area contributed by atoms with Crippen LogP contribution in [0.25, 0.3) is 33.8 Å². The number of unbranched alkanes of at least 4 members (excludes halogenated alkanes) is 1. The molecule has 0 radical (unpaired) electrons. The van der Waals surface area contributed by atoms with Crippen molar-refractivity contribution < 1.29 is 0 Å². The van der Waals surface area contributed by atoms with E-state index in [9.17, 15) is 4.79 Å². The summed E-state index contributed by atoms with van der Waals surface area (Å²) in [6.45, 7) is 2.63. The summed E-state index contributed by atoms with van der Waals surface area (Å²) in [6, 6.07) is 27.8. The average Bonchev–Trinajstić information content (AvgIpc) is 3.45. The van der Waals surface area contributed by atoms with Crippen LogP contribution in [0.5, 0.6) is 0 Å². The van der Waals surface area contributed by atoms with Crippen LogP contribution in [0.2, 0.25) is 0 Å². The summed E-state index contributed by atoms with van der Waals surface area (Å²) in [6.07, 6.45) is 2.79. The van der Waals surface area contributed by atoms with E-state index in [1.165, 1.54) is 0 Å². The molecule has 2 aromatic heterocycles. The first kappa shape index (κ1) is 22.4. The van der Waals surface area contributed by atoms with E-state index < -0.39 is 0 Å². The smallest absolute Gasteiger partial charge is 0.254 e. The molecule has 1 N–H and O–H groups in total. The number of H-pyrrole nitrogens is 1. The number of benzene rings is 3. The summed E-state index contributed by atoms with van der Waals surface area (Å²) >= 11 is 0. The van der Waals surface area contributed by atoms with Crippen LogP contribution in [0.1, 0.15) is 31.2 Å². The number of rotatable bonds is 8. The zero-order valence-electron chi connectivity index (χ0n) is 19.6. The topological polar surface area (TPSA) is 89.3 Å². The molecule has 0 aliphatic heterocycles. The highest BCUT2D eigenvalue weighted by molar-refractivity contribution is 5.80. The van der Waals surface area contributed by atoms with Crippen LogP contribution in [-0.4, -0.2) is 30.2 Å². The van der Waals surface area contributed by atoms with Crippen molar-refractivity contribution in [2.45, 2.75) is 32.7 Å². The Balaban J connectivity index is 1.45. The van der Waals surface area contributed by atoms with Gasteiger partial charge >= 0.3 is 0 Å². The highest BCUT2D eigenvalue weighted by Crippen LogP contribution is 2.29. The van der Waals surface area contributed by atoms with Crippen molar-refractivity contribution in [2.24, 2.45) is 0 Å². The molecule has 3 aromatic carbocycles. The van der Waals surface area contributed by atoms with E-state index in [1.807, 2.05) is 54.6 Å². The van der Waals surface area contributed by atoms with Gasteiger partial charge in [0.2, 0.25) is 0 Å². The summed E-state index contributed by atoms with van der Waals surface area (Å²) in [7, 11) is 0. The van der Waals surface area contributed by atoms with Gasteiger partial charge in [-0.1, -0.05) is 92.2 Å². The second-order valence-electron chi connectivity index (χ2n) is 8.44. The summed E-state index contributed by atoms with van der Waals surface area (Å²) in [5, 5.41) is 14.3. The Labute approximate surface area is 203 Å². The number of tetrazole rings is 1. The molecule has 5 aromatic rings. The Kier molecular flexibility index (Phi) is 6.57. The van der Waals surface area contributed by atoms with Gasteiger partial charge in [0.15, 0.2) is 5.82 Å². The molecule has 0 atom stereocenters. The quantitative estimate of drug-likeness (QED) is 0.345. The Morgan fingerprint density at radius 1 is 0.857 bits per heavy atom. The molecular formula is C28H26N6O. The molecular weight excluding hydrogens is 436 g/mol. The second-order valence-corrected chi connectivity index (χ2v) is 8.44. The predicted octanol–water partition coefficient (Wildman–Crippen LogP) is 5.15. The minimum absolute atomic E-state index is 0.0304. The lowest BCUT2D eigenvalue weighted by atomic mass is 9.98. The number of aromatic nitrogens is 6. The fourth-order valence-electron chi connectivity index (χ4n) is 4.19. The first-order valence-corrected chi connectivity index (χ1v) is 11.8. The van der Waals surface area contributed by atoms with Crippen LogP contribution < -0.4 is 5.56 Å². The normalized spacial score (nSPS) is 11.0. The summed E-state index contributed by atoms with van der Waals surface area (Å²) in [4.78, 5) is 18.1. The van der Waals surface area contributed by atoms with Crippen molar-refractivity contribution >= 4 is 0 Å². The van der Waals surface area contributed by atoms with Crippen molar-refractivity contribution in [3.63, 3.8) is 0 Å². The van der Waals surface area contributed by atoms with Crippen LogP contribution in [0.4, 0.5) is 0 Å². The Bertz CT molecular complexity index is 1460. The number of aryl methyl sites for hydroxylation is 1. The lowest BCUT2D eigenvalue weighted by Gasteiger charge is -2.14. The van der Waals surface area contributed by atoms with E-state index in [4.69, 9.17) is 4.98 Å². The van der Waals surface area contributed by atoms with Crippen LogP contribution in [0.15, 0.2) is 89.7 Å². The van der Waals surface area contributed by atoms with Crippen LogP contribution in [0.3, 0.4) is 0 Å². The largest absolute Gasteiger partial charge is 0.292 e. The SMILES string of the molecule is CCCCc1nc(-c2ccccc2)cc(=O)n1Cc1ccc(-c2ccccc2-c2nnn[nH]2)cc1. The molecule has 0 saturated carbocycles. The van der Waals surface area contributed by atoms with Crippen LogP contribution in [0, 0.1) is 0 Å². The molecule has 0 unspecified atom stereocenters. The number of nitrogens with zero attached hydrogens (tertiary/aromatic N) is 5. The van der Waals surface area contributed by atoms with E-state index in [0.717, 1.165) is 58.6 Å². The molecule has 0 bridgehead atoms. The fourth-order valence-corrected chi connectivity index (χ4v) is 4.19. The van der Waals surface area contributed by atoms with Gasteiger partial charge in [-0.05, 0) is 33.5 Å². The second kappa shape index (κ2) is 10.3. The zero-order valence-corrected chi connectivity index (χ0v) is 19.6. The van der Waals surface area contributed by atoms with E-state index in [-0.39, 0.29) is 5.56 Å². The zero-order chi connectivity index (χ0) is 24.0. The third kappa shape index (κ3) is 4.94. The van der Waals surface area contributed by atoms with Gasteiger partial charge in [0.25, 0.3) is 5.56 Å². The fraction of sp³-hybridized carbons (Fsp3) is 0.179. The number of nitrogens with one attached hydrogen (secondary N) is 1. The Morgan fingerprint density at radius 2 is 1.60 bits per heavy atom. The van der Waals surface area contributed by atoms with E-state index in [2.05, 4.69) is 51.8 Å². The maximum absolute atomic E-state index is 13.2. The first-order valence-electron chi connectivity index (χ1n) is 11.8. The summed E-state index contributed by atoms with van der Waals surface area (Å²) in [5.74, 6) is 1.45. The van der Waals surface area contributed by atoms with Gasteiger partial charge < -0.3 is 0 Å². The molecule has 0 saturated heterocycles. The van der Waals surface area contributed by atoms with Crippen LogP contribution >= 0.6 is 0 Å². The highest BCUT2D eigenvalue weighted by Gasteiger charge is 2.13. The van der Waals surface area contributed by atoms with Gasteiger partial charge in [-0.2, -0.15) is 0 Å². The molecule has 5 rings (SSSR count). The van der Waals surface area contributed by atoms with Gasteiger partial charge in [-0.25, -0.2) is 10.1 Å². The molecule has 174 valence electrons. The lowest BCUT2D eigenvalue weighted by Crippen LogP contribution is -2.25. The minimum atomic E-state index is -0.0304. The van der Waals surface area contributed by atoms with Gasteiger partial charge in [-0.15, -0.1) is 5.10 Å². The molecule has 0 aliphatic carbocycles. The maximum Gasteiger partial charge on any atom is 0.254 e. The predicted molar refractivity (Wildman–Crippen MR) is 137 cm³/mol. The molecule has 0 aliphatic rings. The van der Waals surface area contributed by atoms with Crippen molar-refractivity contribution in [3.05, 3.63) is 107 Å². The maximum atomic E-state index is 13.2. The van der Waals surface area contributed by atoms with Crippen LogP contribution in [-0.2, 0) is 13.0 Å². The molecule has 35 heavy (non-hydrogen) atoms. The third-order valence-corrected chi connectivity index (χ3v) is 6.04. The van der Waals surface area contributed by atoms with Crippen molar-refractivity contribution in [1.29, 1.82) is 0 Å². The van der Waals surface area contributed by atoms with Gasteiger partial charge in [0.05, 0.1) is 12.2 Å². The monoisotopic (exact) mass is 462 g/mol. The molecule has 0 amide bonds. The van der Waals surface area contributed by atoms with Gasteiger partial charge in [0, 0.05) is 23.6 Å². The lowest BCUT2D eigenvalue weighted by molar-refractivity contribution is 0.638. The van der Waals surface area contributed by atoms with Crippen molar-refractivity contribution in [3.8, 4) is 33.8 Å². The van der Waals surface area contributed by atoms with Gasteiger partial charge in [-0.3, -0.25) is 9.36 Å². The average molecular weight is 463 g/mol. The Morgan fingerprint density at radius 3 is 2.31 bits per heavy atom. The molecule has 7 nitrogen and oxygen atoms in total. The number of hydrogen-bond acceptors (Lipinski definition) is 5. The highest BCUT2D eigenvalue weighted by atomic mass is 16.1. The van der Waals surface area contributed by atoms with Crippen molar-refractivity contribution in [2.75, 3.05) is 0 Å². The van der Waals surface area contributed by atoms with Crippen molar-refractivity contribution in [1.82, 2.24) is 30.2 Å². The van der Waals surface area contributed by atoms with E-state index in [0.29, 0.717) is 12.4 Å². The molecule has 2 heterocycles. The molecule has 0 fully saturated rings. The van der Waals surface area contributed by atoms with E-state index >= 15 is 0 Å². The number of aromatic amines is 1. The third-order valence-electron chi connectivity index (χ3n) is 6.04. The minimum Gasteiger partial charge on any atom is -0.292 e. The Hall–Kier alpha value is -4.39. The first-order chi connectivity index (χ1) is 17.2. The number of hydrogen-bond donors (Lipinski definition) is 1.